The lowest BCUT2D eigenvalue weighted by Gasteiger charge is -2.26. The molecule has 0 bridgehead atoms. The number of likely N-dealkylation sites (N-methyl/N-ethyl adjacent to an activating group) is 1. The van der Waals surface area contributed by atoms with Crippen LogP contribution in [0.2, 0.25) is 0 Å². The van der Waals surface area contributed by atoms with Gasteiger partial charge >= 0.3 is 0 Å². The largest absolute Gasteiger partial charge is 0.383 e. The Morgan fingerprint density at radius 3 is 2.41 bits per heavy atom. The Hall–Kier alpha value is -0.650. The van der Waals surface area contributed by atoms with Crippen LogP contribution in [0.4, 0.5) is 0 Å². The number of ether oxygens (including phenoxy) is 1. The van der Waals surface area contributed by atoms with E-state index in [0.29, 0.717) is 18.5 Å². The van der Waals surface area contributed by atoms with Crippen molar-refractivity contribution in [2.75, 3.05) is 34.4 Å². The predicted octanol–water partition coefficient (Wildman–Crippen LogP) is 0.0526. The van der Waals surface area contributed by atoms with Gasteiger partial charge in [-0.2, -0.15) is 0 Å². The molecule has 0 fully saturated rings. The summed E-state index contributed by atoms with van der Waals surface area (Å²) in [6.07, 6.45) is 1.05. The van der Waals surface area contributed by atoms with Gasteiger partial charge in [-0.25, -0.2) is 0 Å². The minimum atomic E-state index is -0.582. The molecule has 3 N–H and O–H groups in total. The zero-order valence-corrected chi connectivity index (χ0v) is 11.7. The Morgan fingerprint density at radius 1 is 1.41 bits per heavy atom. The van der Waals surface area contributed by atoms with Gasteiger partial charge in [0.25, 0.3) is 0 Å². The van der Waals surface area contributed by atoms with Crippen molar-refractivity contribution < 1.29 is 9.53 Å². The SMILES string of the molecule is COCC(N)C(=O)NCC(CC(C)C)N(C)C. The van der Waals surface area contributed by atoms with Crippen molar-refractivity contribution in [1.29, 1.82) is 0 Å². The van der Waals surface area contributed by atoms with Crippen LogP contribution < -0.4 is 11.1 Å². The highest BCUT2D eigenvalue weighted by Gasteiger charge is 2.17. The van der Waals surface area contributed by atoms with E-state index in [9.17, 15) is 4.79 Å². The van der Waals surface area contributed by atoms with Gasteiger partial charge in [0, 0.05) is 19.7 Å². The number of methoxy groups -OCH3 is 1. The second-order valence-corrected chi connectivity index (χ2v) is 5.05. The van der Waals surface area contributed by atoms with Crippen LogP contribution in [-0.2, 0) is 9.53 Å². The van der Waals surface area contributed by atoms with Gasteiger partial charge in [0.2, 0.25) is 5.91 Å². The number of amides is 1. The molecule has 17 heavy (non-hydrogen) atoms. The van der Waals surface area contributed by atoms with Crippen molar-refractivity contribution in [2.24, 2.45) is 11.7 Å². The molecule has 2 unspecified atom stereocenters. The fourth-order valence-electron chi connectivity index (χ4n) is 1.63. The first-order valence-corrected chi connectivity index (χ1v) is 6.07. The molecule has 0 aliphatic heterocycles. The van der Waals surface area contributed by atoms with Gasteiger partial charge in [-0.3, -0.25) is 4.79 Å². The topological polar surface area (TPSA) is 67.6 Å². The second-order valence-electron chi connectivity index (χ2n) is 5.05. The van der Waals surface area contributed by atoms with E-state index in [1.165, 1.54) is 7.11 Å². The van der Waals surface area contributed by atoms with E-state index in [4.69, 9.17) is 10.5 Å². The van der Waals surface area contributed by atoms with E-state index in [1.54, 1.807) is 0 Å². The monoisotopic (exact) mass is 245 g/mol. The number of carbonyl (C=O) groups is 1. The summed E-state index contributed by atoms with van der Waals surface area (Å²) in [4.78, 5) is 13.7. The highest BCUT2D eigenvalue weighted by atomic mass is 16.5. The van der Waals surface area contributed by atoms with Crippen LogP contribution in [0.15, 0.2) is 0 Å². The summed E-state index contributed by atoms with van der Waals surface area (Å²) in [5.41, 5.74) is 5.64. The lowest BCUT2D eigenvalue weighted by molar-refractivity contribution is -0.123. The van der Waals surface area contributed by atoms with E-state index in [1.807, 2.05) is 14.1 Å². The van der Waals surface area contributed by atoms with Crippen molar-refractivity contribution in [3.8, 4) is 0 Å². The lowest BCUT2D eigenvalue weighted by atomic mass is 10.0. The number of nitrogens with zero attached hydrogens (tertiary/aromatic N) is 1. The minimum Gasteiger partial charge on any atom is -0.383 e. The normalized spacial score (nSPS) is 15.1. The molecule has 0 aliphatic carbocycles. The predicted molar refractivity (Wildman–Crippen MR) is 69.8 cm³/mol. The molecule has 5 nitrogen and oxygen atoms in total. The van der Waals surface area contributed by atoms with Crippen molar-refractivity contribution in [3.05, 3.63) is 0 Å². The van der Waals surface area contributed by atoms with E-state index in [-0.39, 0.29) is 12.5 Å². The Bertz CT molecular complexity index is 220. The number of hydrogen-bond donors (Lipinski definition) is 2. The Kier molecular flexibility index (Phi) is 8.12. The van der Waals surface area contributed by atoms with Crippen molar-refractivity contribution >= 4 is 5.91 Å². The molecule has 0 saturated carbocycles. The molecule has 0 heterocycles. The Labute approximate surface area is 105 Å². The summed E-state index contributed by atoms with van der Waals surface area (Å²) in [6, 6.07) is -0.240. The number of carbonyl (C=O) groups excluding carboxylic acids is 1. The summed E-state index contributed by atoms with van der Waals surface area (Å²) in [6.45, 7) is 5.23. The first-order valence-electron chi connectivity index (χ1n) is 6.07. The summed E-state index contributed by atoms with van der Waals surface area (Å²) in [7, 11) is 5.58. The first-order chi connectivity index (χ1) is 7.88. The number of hydrogen-bond acceptors (Lipinski definition) is 4. The maximum absolute atomic E-state index is 11.6. The maximum Gasteiger partial charge on any atom is 0.239 e. The van der Waals surface area contributed by atoms with E-state index >= 15 is 0 Å². The van der Waals surface area contributed by atoms with Gasteiger partial charge in [-0.1, -0.05) is 13.8 Å². The lowest BCUT2D eigenvalue weighted by Crippen LogP contribution is -2.48. The van der Waals surface area contributed by atoms with Crippen LogP contribution in [-0.4, -0.2) is 57.2 Å². The standard InChI is InChI=1S/C12H27N3O2/c1-9(2)6-10(15(3)4)7-14-12(16)11(13)8-17-5/h9-11H,6-8,13H2,1-5H3,(H,14,16). The Balaban J connectivity index is 4.07. The van der Waals surface area contributed by atoms with E-state index in [0.717, 1.165) is 6.42 Å². The summed E-state index contributed by atoms with van der Waals surface area (Å²) in [5, 5.41) is 2.87. The molecule has 0 saturated heterocycles. The molecule has 102 valence electrons. The van der Waals surface area contributed by atoms with E-state index < -0.39 is 6.04 Å². The van der Waals surface area contributed by atoms with Gasteiger partial charge < -0.3 is 20.7 Å². The molecule has 0 aliphatic rings. The fourth-order valence-corrected chi connectivity index (χ4v) is 1.63. The van der Waals surface area contributed by atoms with Gasteiger partial charge in [-0.05, 0) is 26.4 Å². The zero-order valence-electron chi connectivity index (χ0n) is 11.7. The zero-order chi connectivity index (χ0) is 13.4. The van der Waals surface area contributed by atoms with Gasteiger partial charge in [-0.15, -0.1) is 0 Å². The highest BCUT2D eigenvalue weighted by Crippen LogP contribution is 2.08. The van der Waals surface area contributed by atoms with Crippen LogP contribution in [0.25, 0.3) is 0 Å². The number of nitrogens with two attached hydrogens (primary N) is 1. The van der Waals surface area contributed by atoms with Crippen LogP contribution >= 0.6 is 0 Å². The molecule has 2 atom stereocenters. The average Bonchev–Trinajstić information content (AvgIpc) is 2.23. The van der Waals surface area contributed by atoms with Crippen molar-refractivity contribution in [2.45, 2.75) is 32.4 Å². The van der Waals surface area contributed by atoms with Crippen LogP contribution in [0.3, 0.4) is 0 Å². The molecule has 5 heteroatoms. The minimum absolute atomic E-state index is 0.151. The maximum atomic E-state index is 11.6. The quantitative estimate of drug-likeness (QED) is 0.634. The van der Waals surface area contributed by atoms with Gasteiger partial charge in [0.05, 0.1) is 6.61 Å². The van der Waals surface area contributed by atoms with Crippen LogP contribution in [0, 0.1) is 5.92 Å². The molecule has 0 aromatic heterocycles. The fraction of sp³-hybridized carbons (Fsp3) is 0.917. The van der Waals surface area contributed by atoms with Crippen LogP contribution in [0.1, 0.15) is 20.3 Å². The third-order valence-corrected chi connectivity index (χ3v) is 2.67. The molecule has 0 spiro atoms. The molecular weight excluding hydrogens is 218 g/mol. The molecule has 0 radical (unpaired) electrons. The van der Waals surface area contributed by atoms with Gasteiger partial charge in [0.1, 0.15) is 6.04 Å². The van der Waals surface area contributed by atoms with Crippen LogP contribution in [0.5, 0.6) is 0 Å². The molecule has 0 aromatic carbocycles. The summed E-state index contributed by atoms with van der Waals surface area (Å²) in [5.74, 6) is 0.453. The van der Waals surface area contributed by atoms with Crippen molar-refractivity contribution in [1.82, 2.24) is 10.2 Å². The highest BCUT2D eigenvalue weighted by molar-refractivity contribution is 5.81. The summed E-state index contributed by atoms with van der Waals surface area (Å²) < 4.78 is 4.85. The third-order valence-electron chi connectivity index (χ3n) is 2.67. The molecule has 1 amide bonds. The van der Waals surface area contributed by atoms with Gasteiger partial charge in [0.15, 0.2) is 0 Å². The Morgan fingerprint density at radius 2 is 2.00 bits per heavy atom. The second kappa shape index (κ2) is 8.44. The number of rotatable bonds is 8. The number of nitrogens with one attached hydrogen (secondary N) is 1. The smallest absolute Gasteiger partial charge is 0.239 e. The average molecular weight is 245 g/mol. The molecular formula is C12H27N3O2. The molecule has 0 rings (SSSR count). The van der Waals surface area contributed by atoms with Crippen molar-refractivity contribution in [3.63, 3.8) is 0 Å². The molecule has 0 aromatic rings. The third kappa shape index (κ3) is 7.31. The van der Waals surface area contributed by atoms with E-state index in [2.05, 4.69) is 24.1 Å². The first kappa shape index (κ1) is 16.4. The summed E-state index contributed by atoms with van der Waals surface area (Å²) >= 11 is 0.